The highest BCUT2D eigenvalue weighted by molar-refractivity contribution is 7.11. The molecule has 0 bridgehead atoms. The van der Waals surface area contributed by atoms with Crippen molar-refractivity contribution in [1.29, 1.82) is 0 Å². The monoisotopic (exact) mass is 277 g/mol. The zero-order valence-electron chi connectivity index (χ0n) is 11.3. The first-order chi connectivity index (χ1) is 9.28. The first-order valence-electron chi connectivity index (χ1n) is 6.30. The Balaban J connectivity index is 1.71. The van der Waals surface area contributed by atoms with E-state index in [2.05, 4.69) is 34.7 Å². The van der Waals surface area contributed by atoms with Crippen LogP contribution in [0.4, 0.5) is 0 Å². The Morgan fingerprint density at radius 1 is 1.32 bits per heavy atom. The smallest absolute Gasteiger partial charge is 0.191 e. The number of nitrogens with one attached hydrogen (secondary N) is 2. The van der Waals surface area contributed by atoms with Crippen molar-refractivity contribution in [2.24, 2.45) is 4.99 Å². The molecule has 0 fully saturated rings. The Morgan fingerprint density at radius 3 is 2.84 bits per heavy atom. The van der Waals surface area contributed by atoms with E-state index in [0.717, 1.165) is 31.2 Å². The predicted octanol–water partition coefficient (Wildman–Crippen LogP) is 2.56. The van der Waals surface area contributed by atoms with Crippen LogP contribution in [0.2, 0.25) is 0 Å². The Hall–Kier alpha value is -1.75. The van der Waals surface area contributed by atoms with Crippen molar-refractivity contribution in [2.45, 2.75) is 19.9 Å². The number of furan rings is 1. The van der Waals surface area contributed by atoms with Crippen LogP contribution >= 0.6 is 11.3 Å². The van der Waals surface area contributed by atoms with Gasteiger partial charge in [-0.1, -0.05) is 0 Å². The Labute approximate surface area is 117 Å². The number of hydrogen-bond donors (Lipinski definition) is 2. The van der Waals surface area contributed by atoms with Crippen LogP contribution < -0.4 is 10.6 Å². The van der Waals surface area contributed by atoms with Gasteiger partial charge in [-0.2, -0.15) is 0 Å². The summed E-state index contributed by atoms with van der Waals surface area (Å²) >= 11 is 1.80. The van der Waals surface area contributed by atoms with E-state index >= 15 is 0 Å². The zero-order valence-corrected chi connectivity index (χ0v) is 12.1. The first kappa shape index (κ1) is 13.7. The topological polar surface area (TPSA) is 49.6 Å². The van der Waals surface area contributed by atoms with Crippen LogP contribution in [0.15, 0.2) is 39.9 Å². The molecular weight excluding hydrogens is 258 g/mol. The first-order valence-corrected chi connectivity index (χ1v) is 7.12. The Morgan fingerprint density at radius 2 is 2.21 bits per heavy atom. The van der Waals surface area contributed by atoms with Gasteiger partial charge >= 0.3 is 0 Å². The van der Waals surface area contributed by atoms with Gasteiger partial charge in [-0.3, -0.25) is 4.99 Å². The molecule has 2 aromatic rings. The minimum absolute atomic E-state index is 0.802. The minimum atomic E-state index is 0.802. The fourth-order valence-corrected chi connectivity index (χ4v) is 2.56. The fourth-order valence-electron chi connectivity index (χ4n) is 1.73. The summed E-state index contributed by atoms with van der Waals surface area (Å²) in [5.74, 6) is 1.80. The van der Waals surface area contributed by atoms with Gasteiger partial charge in [0.1, 0.15) is 5.76 Å². The summed E-state index contributed by atoms with van der Waals surface area (Å²) in [5, 5.41) is 6.57. The third kappa shape index (κ3) is 4.44. The molecule has 0 aliphatic heterocycles. The normalized spacial score (nSPS) is 11.6. The van der Waals surface area contributed by atoms with Crippen LogP contribution in [0.5, 0.6) is 0 Å². The summed E-state index contributed by atoms with van der Waals surface area (Å²) in [6.07, 6.45) is 2.55. The van der Waals surface area contributed by atoms with Gasteiger partial charge in [0.05, 0.1) is 12.8 Å². The van der Waals surface area contributed by atoms with Gasteiger partial charge in [0.2, 0.25) is 0 Å². The van der Waals surface area contributed by atoms with Gasteiger partial charge in [0.25, 0.3) is 0 Å². The molecule has 0 atom stereocenters. The number of thiophene rings is 1. The van der Waals surface area contributed by atoms with Crippen molar-refractivity contribution >= 4 is 17.3 Å². The molecule has 2 heterocycles. The lowest BCUT2D eigenvalue weighted by Gasteiger charge is -2.10. The summed E-state index contributed by atoms with van der Waals surface area (Å²) in [5.41, 5.74) is 0. The molecule has 4 nitrogen and oxygen atoms in total. The lowest BCUT2D eigenvalue weighted by atomic mass is 10.3. The summed E-state index contributed by atoms with van der Waals surface area (Å²) in [7, 11) is 1.78. The lowest BCUT2D eigenvalue weighted by Crippen LogP contribution is -2.37. The van der Waals surface area contributed by atoms with Gasteiger partial charge in [-0.15, -0.1) is 11.3 Å². The van der Waals surface area contributed by atoms with Crippen molar-refractivity contribution in [3.63, 3.8) is 0 Å². The SMILES string of the molecule is CN=C(NCCc1ccco1)NCc1ccc(C)s1. The highest BCUT2D eigenvalue weighted by atomic mass is 32.1. The molecule has 0 saturated heterocycles. The molecule has 0 unspecified atom stereocenters. The Bertz CT molecular complexity index is 517. The summed E-state index contributed by atoms with van der Waals surface area (Å²) < 4.78 is 5.28. The van der Waals surface area contributed by atoms with Crippen molar-refractivity contribution in [1.82, 2.24) is 10.6 Å². The molecule has 5 heteroatoms. The maximum Gasteiger partial charge on any atom is 0.191 e. The molecule has 2 N–H and O–H groups in total. The van der Waals surface area contributed by atoms with E-state index in [1.54, 1.807) is 24.6 Å². The summed E-state index contributed by atoms with van der Waals surface area (Å²) in [6.45, 7) is 3.72. The Kier molecular flexibility index (Phi) is 5.03. The molecule has 102 valence electrons. The fraction of sp³-hybridized carbons (Fsp3) is 0.357. The molecule has 0 spiro atoms. The van der Waals surface area contributed by atoms with Crippen molar-refractivity contribution in [3.05, 3.63) is 46.0 Å². The summed E-state index contributed by atoms with van der Waals surface area (Å²) in [4.78, 5) is 6.84. The number of guanidine groups is 1. The number of nitrogens with zero attached hydrogens (tertiary/aromatic N) is 1. The van der Waals surface area contributed by atoms with Gasteiger partial charge in [-0.25, -0.2) is 0 Å². The van der Waals surface area contributed by atoms with E-state index < -0.39 is 0 Å². The molecule has 0 amide bonds. The van der Waals surface area contributed by atoms with Crippen LogP contribution in [0.3, 0.4) is 0 Å². The molecule has 2 rings (SSSR count). The van der Waals surface area contributed by atoms with E-state index in [9.17, 15) is 0 Å². The van der Waals surface area contributed by atoms with Gasteiger partial charge in [-0.05, 0) is 31.2 Å². The maximum atomic E-state index is 5.28. The maximum absolute atomic E-state index is 5.28. The van der Waals surface area contributed by atoms with E-state index in [1.807, 2.05) is 12.1 Å². The highest BCUT2D eigenvalue weighted by Gasteiger charge is 2.01. The van der Waals surface area contributed by atoms with Gasteiger partial charge in [0.15, 0.2) is 5.96 Å². The average molecular weight is 277 g/mol. The molecular formula is C14H19N3OS. The van der Waals surface area contributed by atoms with Crippen LogP contribution in [0.1, 0.15) is 15.5 Å². The van der Waals surface area contributed by atoms with E-state index in [1.165, 1.54) is 9.75 Å². The standard InChI is InChI=1S/C14H19N3OS/c1-11-5-6-13(19-11)10-17-14(15-2)16-8-7-12-4-3-9-18-12/h3-6,9H,7-8,10H2,1-2H3,(H2,15,16,17). The van der Waals surface area contributed by atoms with E-state index in [0.29, 0.717) is 0 Å². The molecule has 0 aromatic carbocycles. The van der Waals surface area contributed by atoms with Crippen LogP contribution in [-0.4, -0.2) is 19.6 Å². The van der Waals surface area contributed by atoms with Crippen molar-refractivity contribution in [2.75, 3.05) is 13.6 Å². The zero-order chi connectivity index (χ0) is 13.5. The lowest BCUT2D eigenvalue weighted by molar-refractivity contribution is 0.507. The molecule has 0 radical (unpaired) electrons. The number of rotatable bonds is 5. The number of aliphatic imine (C=N–C) groups is 1. The number of hydrogen-bond acceptors (Lipinski definition) is 3. The second kappa shape index (κ2) is 6.99. The second-order valence-electron chi connectivity index (χ2n) is 4.19. The largest absolute Gasteiger partial charge is 0.469 e. The van der Waals surface area contributed by atoms with Crippen LogP contribution in [0.25, 0.3) is 0 Å². The van der Waals surface area contributed by atoms with Gasteiger partial charge in [0, 0.05) is 29.8 Å². The molecule has 0 aliphatic rings. The van der Waals surface area contributed by atoms with Gasteiger partial charge < -0.3 is 15.1 Å². The second-order valence-corrected chi connectivity index (χ2v) is 5.57. The third-order valence-corrected chi connectivity index (χ3v) is 3.69. The van der Waals surface area contributed by atoms with E-state index in [-0.39, 0.29) is 0 Å². The average Bonchev–Trinajstić information content (AvgIpc) is 3.05. The molecule has 19 heavy (non-hydrogen) atoms. The molecule has 2 aromatic heterocycles. The summed E-state index contributed by atoms with van der Waals surface area (Å²) in [6, 6.07) is 8.16. The predicted molar refractivity (Wildman–Crippen MR) is 79.7 cm³/mol. The van der Waals surface area contributed by atoms with E-state index in [4.69, 9.17) is 4.42 Å². The van der Waals surface area contributed by atoms with Crippen LogP contribution in [-0.2, 0) is 13.0 Å². The highest BCUT2D eigenvalue weighted by Crippen LogP contribution is 2.14. The van der Waals surface area contributed by atoms with Crippen molar-refractivity contribution < 1.29 is 4.42 Å². The quantitative estimate of drug-likeness (QED) is 0.652. The van der Waals surface area contributed by atoms with Crippen LogP contribution in [0, 0.1) is 6.92 Å². The molecule has 0 aliphatic carbocycles. The minimum Gasteiger partial charge on any atom is -0.469 e. The molecule has 0 saturated carbocycles. The third-order valence-electron chi connectivity index (χ3n) is 2.69. The van der Waals surface area contributed by atoms with Crippen molar-refractivity contribution in [3.8, 4) is 0 Å². The number of aryl methyl sites for hydroxylation is 1.